The maximum atomic E-state index is 5.95. The molecule has 0 bridgehead atoms. The molecule has 2 aromatic rings. The maximum absolute atomic E-state index is 5.95. The van der Waals surface area contributed by atoms with Crippen molar-refractivity contribution in [2.45, 2.75) is 18.4 Å². The van der Waals surface area contributed by atoms with Crippen LogP contribution < -0.4 is 10.5 Å². The number of hydrogen-bond donors (Lipinski definition) is 1. The molecule has 7 heteroatoms. The fraction of sp³-hybridized carbons (Fsp3) is 0.400. The van der Waals surface area contributed by atoms with Gasteiger partial charge in [0.05, 0.1) is 12.6 Å². The molecule has 0 aromatic carbocycles. The normalized spacial score (nSPS) is 16.8. The highest BCUT2D eigenvalue weighted by Crippen LogP contribution is 2.41. The van der Waals surface area contributed by atoms with Gasteiger partial charge in [0.2, 0.25) is 17.6 Å². The molecule has 0 aliphatic heterocycles. The molecule has 1 aliphatic rings. The fourth-order valence-electron chi connectivity index (χ4n) is 1.43. The van der Waals surface area contributed by atoms with Crippen LogP contribution in [0.4, 0.5) is 0 Å². The summed E-state index contributed by atoms with van der Waals surface area (Å²) in [6.45, 7) is 0. The first kappa shape index (κ1) is 10.2. The van der Waals surface area contributed by atoms with Gasteiger partial charge >= 0.3 is 0 Å². The molecule has 2 N–H and O–H groups in total. The van der Waals surface area contributed by atoms with E-state index in [-0.39, 0.29) is 0 Å². The smallest absolute Gasteiger partial charge is 0.247 e. The average molecular weight is 233 g/mol. The van der Waals surface area contributed by atoms with Gasteiger partial charge < -0.3 is 15.0 Å². The molecule has 0 saturated heterocycles. The predicted octanol–water partition coefficient (Wildman–Crippen LogP) is 0.483. The van der Waals surface area contributed by atoms with Crippen LogP contribution in [0.2, 0.25) is 0 Å². The van der Waals surface area contributed by atoms with Crippen molar-refractivity contribution in [1.29, 1.82) is 0 Å². The second kappa shape index (κ2) is 3.49. The number of aromatic nitrogens is 4. The largest absolute Gasteiger partial charge is 0.480 e. The molecule has 0 unspecified atom stereocenters. The second-order valence-electron chi connectivity index (χ2n) is 4.04. The zero-order valence-corrected chi connectivity index (χ0v) is 9.25. The standard InChI is InChI=1S/C10H11N5O2/c1-16-7-3-2-6(13-14-7)8-12-9(17-15-8)10(11)4-5-10/h2-3H,4-5,11H2,1H3. The molecule has 3 rings (SSSR count). The number of nitrogens with zero attached hydrogens (tertiary/aromatic N) is 4. The number of hydrogen-bond acceptors (Lipinski definition) is 7. The SMILES string of the molecule is COc1ccc(-c2noc(C3(N)CC3)n2)nn1. The Balaban J connectivity index is 1.90. The Labute approximate surface area is 97.0 Å². The lowest BCUT2D eigenvalue weighted by Crippen LogP contribution is -2.18. The molecule has 17 heavy (non-hydrogen) atoms. The van der Waals surface area contributed by atoms with Gasteiger partial charge in [-0.1, -0.05) is 5.16 Å². The summed E-state index contributed by atoms with van der Waals surface area (Å²) in [5.74, 6) is 1.30. The minimum atomic E-state index is -0.425. The van der Waals surface area contributed by atoms with Crippen LogP contribution in [-0.2, 0) is 5.54 Å². The molecule has 0 radical (unpaired) electrons. The van der Waals surface area contributed by atoms with Gasteiger partial charge in [0.1, 0.15) is 5.69 Å². The summed E-state index contributed by atoms with van der Waals surface area (Å²) in [6.07, 6.45) is 1.76. The van der Waals surface area contributed by atoms with Gasteiger partial charge in [-0.05, 0) is 18.9 Å². The highest BCUT2D eigenvalue weighted by Gasteiger charge is 2.45. The molecule has 1 aliphatic carbocycles. The highest BCUT2D eigenvalue weighted by molar-refractivity contribution is 5.47. The van der Waals surface area contributed by atoms with Crippen molar-refractivity contribution in [2.75, 3.05) is 7.11 Å². The first-order valence-corrected chi connectivity index (χ1v) is 5.22. The zero-order chi connectivity index (χ0) is 11.9. The molecule has 1 saturated carbocycles. The monoisotopic (exact) mass is 233 g/mol. The lowest BCUT2D eigenvalue weighted by molar-refractivity contribution is 0.348. The van der Waals surface area contributed by atoms with E-state index in [0.717, 1.165) is 12.8 Å². The second-order valence-corrected chi connectivity index (χ2v) is 4.04. The van der Waals surface area contributed by atoms with Crippen molar-refractivity contribution >= 4 is 0 Å². The molecular weight excluding hydrogens is 222 g/mol. The van der Waals surface area contributed by atoms with E-state index in [2.05, 4.69) is 20.3 Å². The molecule has 88 valence electrons. The summed E-state index contributed by atoms with van der Waals surface area (Å²) in [5, 5.41) is 11.6. The van der Waals surface area contributed by atoms with Crippen LogP contribution in [0, 0.1) is 0 Å². The molecule has 0 spiro atoms. The Hall–Kier alpha value is -2.02. The van der Waals surface area contributed by atoms with Gasteiger partial charge in [-0.15, -0.1) is 10.2 Å². The average Bonchev–Trinajstić information content (AvgIpc) is 2.94. The van der Waals surface area contributed by atoms with E-state index in [0.29, 0.717) is 23.3 Å². The Morgan fingerprint density at radius 3 is 2.76 bits per heavy atom. The summed E-state index contributed by atoms with van der Waals surface area (Å²) in [4.78, 5) is 4.22. The summed E-state index contributed by atoms with van der Waals surface area (Å²) in [5.41, 5.74) is 6.06. The van der Waals surface area contributed by atoms with Crippen LogP contribution in [-0.4, -0.2) is 27.4 Å². The van der Waals surface area contributed by atoms with Gasteiger partial charge in [0.15, 0.2) is 0 Å². The van der Waals surface area contributed by atoms with Gasteiger partial charge in [0, 0.05) is 6.07 Å². The Morgan fingerprint density at radius 1 is 1.35 bits per heavy atom. The van der Waals surface area contributed by atoms with Crippen molar-refractivity contribution in [3.63, 3.8) is 0 Å². The van der Waals surface area contributed by atoms with E-state index < -0.39 is 5.54 Å². The third-order valence-electron chi connectivity index (χ3n) is 2.72. The van der Waals surface area contributed by atoms with Crippen LogP contribution in [0.25, 0.3) is 11.5 Å². The van der Waals surface area contributed by atoms with Crippen molar-refractivity contribution in [1.82, 2.24) is 20.3 Å². The minimum Gasteiger partial charge on any atom is -0.480 e. The Morgan fingerprint density at radius 2 is 2.18 bits per heavy atom. The minimum absolute atomic E-state index is 0.395. The fourth-order valence-corrected chi connectivity index (χ4v) is 1.43. The predicted molar refractivity (Wildman–Crippen MR) is 57.0 cm³/mol. The molecule has 1 fully saturated rings. The summed E-state index contributed by atoms with van der Waals surface area (Å²) in [7, 11) is 1.53. The first-order valence-electron chi connectivity index (χ1n) is 5.22. The number of methoxy groups -OCH3 is 1. The molecule has 0 amide bonds. The number of nitrogens with two attached hydrogens (primary N) is 1. The van der Waals surface area contributed by atoms with E-state index in [9.17, 15) is 0 Å². The Bertz CT molecular complexity index is 532. The van der Waals surface area contributed by atoms with E-state index in [1.807, 2.05) is 0 Å². The quantitative estimate of drug-likeness (QED) is 0.822. The molecule has 0 atom stereocenters. The number of ether oxygens (including phenoxy) is 1. The molecule has 2 aromatic heterocycles. The van der Waals surface area contributed by atoms with Crippen LogP contribution in [0.15, 0.2) is 16.7 Å². The summed E-state index contributed by atoms with van der Waals surface area (Å²) >= 11 is 0. The lowest BCUT2D eigenvalue weighted by Gasteiger charge is -1.98. The molecule has 7 nitrogen and oxygen atoms in total. The van der Waals surface area contributed by atoms with Crippen LogP contribution >= 0.6 is 0 Å². The topological polar surface area (TPSA) is 100.0 Å². The van der Waals surface area contributed by atoms with Gasteiger partial charge in [-0.3, -0.25) is 0 Å². The van der Waals surface area contributed by atoms with Gasteiger partial charge in [-0.2, -0.15) is 4.98 Å². The van der Waals surface area contributed by atoms with Crippen molar-refractivity contribution < 1.29 is 9.26 Å². The van der Waals surface area contributed by atoms with Crippen molar-refractivity contribution in [3.8, 4) is 17.4 Å². The van der Waals surface area contributed by atoms with Gasteiger partial charge in [-0.25, -0.2) is 0 Å². The van der Waals surface area contributed by atoms with Crippen LogP contribution in [0.1, 0.15) is 18.7 Å². The maximum Gasteiger partial charge on any atom is 0.247 e. The van der Waals surface area contributed by atoms with Crippen LogP contribution in [0.5, 0.6) is 5.88 Å². The van der Waals surface area contributed by atoms with Crippen molar-refractivity contribution in [3.05, 3.63) is 18.0 Å². The summed E-state index contributed by atoms with van der Waals surface area (Å²) in [6, 6.07) is 3.41. The highest BCUT2D eigenvalue weighted by atomic mass is 16.5. The Kier molecular flexibility index (Phi) is 2.08. The van der Waals surface area contributed by atoms with E-state index >= 15 is 0 Å². The van der Waals surface area contributed by atoms with Crippen molar-refractivity contribution in [2.24, 2.45) is 5.73 Å². The van der Waals surface area contributed by atoms with Crippen LogP contribution in [0.3, 0.4) is 0 Å². The van der Waals surface area contributed by atoms with Gasteiger partial charge in [0.25, 0.3) is 0 Å². The third-order valence-corrected chi connectivity index (χ3v) is 2.72. The third kappa shape index (κ3) is 1.74. The zero-order valence-electron chi connectivity index (χ0n) is 9.25. The van der Waals surface area contributed by atoms with E-state index in [1.165, 1.54) is 7.11 Å². The number of rotatable bonds is 3. The lowest BCUT2D eigenvalue weighted by atomic mass is 10.3. The molecule has 2 heterocycles. The first-order chi connectivity index (χ1) is 8.21. The molecular formula is C10H11N5O2. The van der Waals surface area contributed by atoms with E-state index in [4.69, 9.17) is 15.0 Å². The summed E-state index contributed by atoms with van der Waals surface area (Å²) < 4.78 is 10.0. The van der Waals surface area contributed by atoms with E-state index in [1.54, 1.807) is 12.1 Å².